The zero-order valence-electron chi connectivity index (χ0n) is 15.9. The molecule has 4 rings (SSSR count). The lowest BCUT2D eigenvalue weighted by Gasteiger charge is -2.10. The van der Waals surface area contributed by atoms with Crippen LogP contribution in [0, 0.1) is 12.8 Å². The van der Waals surface area contributed by atoms with E-state index in [9.17, 15) is 0 Å². The number of ether oxygens (including phenoxy) is 1. The Bertz CT molecular complexity index is 902. The molecule has 142 valence electrons. The third kappa shape index (κ3) is 4.45. The molecule has 3 heterocycles. The zero-order valence-corrected chi connectivity index (χ0v) is 15.9. The summed E-state index contributed by atoms with van der Waals surface area (Å²) in [5, 5.41) is 0. The molecule has 0 aliphatic heterocycles. The van der Waals surface area contributed by atoms with Crippen LogP contribution in [0.4, 0.5) is 5.82 Å². The van der Waals surface area contributed by atoms with Gasteiger partial charge in [0.2, 0.25) is 0 Å². The smallest absolute Gasteiger partial charge is 0.151 e. The van der Waals surface area contributed by atoms with Crippen molar-refractivity contribution in [2.75, 3.05) is 18.9 Å². The molecule has 3 aromatic heterocycles. The number of aromatic nitrogens is 4. The Morgan fingerprint density at radius 1 is 1.26 bits per heavy atom. The molecule has 1 aliphatic carbocycles. The average molecular weight is 365 g/mol. The first-order valence-electron chi connectivity index (χ1n) is 9.79. The Morgan fingerprint density at radius 2 is 2.15 bits per heavy atom. The summed E-state index contributed by atoms with van der Waals surface area (Å²) in [5.41, 5.74) is 10.2. The fourth-order valence-electron chi connectivity index (χ4n) is 3.49. The molecule has 0 radical (unpaired) electrons. The molecule has 1 fully saturated rings. The standard InChI is InChI=1S/C21H27N5O/c1-15-12-18-20(21(22)24-15)25-19(13-16-6-7-16)26(18)9-11-27-10-3-5-17-4-2-8-23-14-17/h2,4,8,12,14,16H,3,5-7,9-11,13H2,1H3,(H2,22,24). The zero-order chi connectivity index (χ0) is 18.6. The van der Waals surface area contributed by atoms with Crippen LogP contribution in [-0.2, 0) is 24.1 Å². The van der Waals surface area contributed by atoms with Gasteiger partial charge in [-0.1, -0.05) is 6.07 Å². The average Bonchev–Trinajstić information content (AvgIpc) is 3.41. The molecule has 0 spiro atoms. The van der Waals surface area contributed by atoms with Gasteiger partial charge in [0.15, 0.2) is 5.82 Å². The summed E-state index contributed by atoms with van der Waals surface area (Å²) < 4.78 is 8.18. The van der Waals surface area contributed by atoms with E-state index in [4.69, 9.17) is 15.5 Å². The van der Waals surface area contributed by atoms with E-state index in [0.717, 1.165) is 60.9 Å². The van der Waals surface area contributed by atoms with Crippen LogP contribution in [0.25, 0.3) is 11.0 Å². The van der Waals surface area contributed by atoms with Gasteiger partial charge in [-0.25, -0.2) is 9.97 Å². The molecule has 1 aliphatic rings. The van der Waals surface area contributed by atoms with Gasteiger partial charge in [0.1, 0.15) is 11.3 Å². The predicted molar refractivity (Wildman–Crippen MR) is 106 cm³/mol. The number of fused-ring (bicyclic) bond motifs is 1. The maximum Gasteiger partial charge on any atom is 0.151 e. The third-order valence-electron chi connectivity index (χ3n) is 5.08. The van der Waals surface area contributed by atoms with Gasteiger partial charge in [-0.2, -0.15) is 0 Å². The van der Waals surface area contributed by atoms with E-state index >= 15 is 0 Å². The molecule has 0 unspecified atom stereocenters. The van der Waals surface area contributed by atoms with E-state index in [1.807, 2.05) is 19.2 Å². The van der Waals surface area contributed by atoms with Crippen LogP contribution < -0.4 is 5.73 Å². The van der Waals surface area contributed by atoms with E-state index in [0.29, 0.717) is 12.4 Å². The Labute approximate surface area is 159 Å². The van der Waals surface area contributed by atoms with Crippen LogP contribution in [0.15, 0.2) is 30.6 Å². The number of hydrogen-bond acceptors (Lipinski definition) is 5. The van der Waals surface area contributed by atoms with Crippen molar-refractivity contribution >= 4 is 16.9 Å². The van der Waals surface area contributed by atoms with E-state index in [2.05, 4.69) is 26.7 Å². The van der Waals surface area contributed by atoms with Crippen molar-refractivity contribution in [3.8, 4) is 0 Å². The van der Waals surface area contributed by atoms with Crippen LogP contribution in [0.2, 0.25) is 0 Å². The van der Waals surface area contributed by atoms with E-state index in [1.54, 1.807) is 6.20 Å². The monoisotopic (exact) mass is 365 g/mol. The Hall–Kier alpha value is -2.47. The number of anilines is 1. The van der Waals surface area contributed by atoms with Crippen molar-refractivity contribution in [1.82, 2.24) is 19.5 Å². The molecule has 27 heavy (non-hydrogen) atoms. The molecule has 0 atom stereocenters. The Kier molecular flexibility index (Phi) is 5.34. The van der Waals surface area contributed by atoms with Gasteiger partial charge in [-0.05, 0) is 56.2 Å². The van der Waals surface area contributed by atoms with E-state index in [1.165, 1.54) is 18.4 Å². The first kappa shape index (κ1) is 17.9. The van der Waals surface area contributed by atoms with Gasteiger partial charge < -0.3 is 15.0 Å². The molecular weight excluding hydrogens is 338 g/mol. The van der Waals surface area contributed by atoms with Gasteiger partial charge in [0.25, 0.3) is 0 Å². The quantitative estimate of drug-likeness (QED) is 0.589. The highest BCUT2D eigenvalue weighted by atomic mass is 16.5. The number of pyridine rings is 2. The van der Waals surface area contributed by atoms with Crippen LogP contribution in [-0.4, -0.2) is 32.7 Å². The lowest BCUT2D eigenvalue weighted by Crippen LogP contribution is -2.11. The van der Waals surface area contributed by atoms with Crippen LogP contribution in [0.5, 0.6) is 0 Å². The molecule has 0 amide bonds. The van der Waals surface area contributed by atoms with Gasteiger partial charge >= 0.3 is 0 Å². The number of nitrogens with two attached hydrogens (primary N) is 1. The number of imidazole rings is 1. The third-order valence-corrected chi connectivity index (χ3v) is 5.08. The van der Waals surface area contributed by atoms with Crippen molar-refractivity contribution in [3.05, 3.63) is 47.7 Å². The predicted octanol–water partition coefficient (Wildman–Crippen LogP) is 3.32. The van der Waals surface area contributed by atoms with Gasteiger partial charge in [-0.3, -0.25) is 4.98 Å². The minimum atomic E-state index is 0.526. The summed E-state index contributed by atoms with van der Waals surface area (Å²) in [5.74, 6) is 2.42. The maximum absolute atomic E-state index is 6.11. The normalized spacial score (nSPS) is 14.1. The number of nitrogens with zero attached hydrogens (tertiary/aromatic N) is 4. The molecular formula is C21H27N5O. The van der Waals surface area contributed by atoms with Crippen molar-refractivity contribution in [2.24, 2.45) is 5.92 Å². The lowest BCUT2D eigenvalue weighted by atomic mass is 10.2. The number of rotatable bonds is 9. The Morgan fingerprint density at radius 3 is 2.93 bits per heavy atom. The highest BCUT2D eigenvalue weighted by Crippen LogP contribution is 2.33. The van der Waals surface area contributed by atoms with Crippen LogP contribution in [0.3, 0.4) is 0 Å². The molecule has 1 saturated carbocycles. The topological polar surface area (TPSA) is 78.8 Å². The van der Waals surface area contributed by atoms with Crippen LogP contribution >= 0.6 is 0 Å². The van der Waals surface area contributed by atoms with E-state index < -0.39 is 0 Å². The van der Waals surface area contributed by atoms with Gasteiger partial charge in [0, 0.05) is 37.7 Å². The van der Waals surface area contributed by atoms with E-state index in [-0.39, 0.29) is 0 Å². The second-order valence-corrected chi connectivity index (χ2v) is 7.42. The highest BCUT2D eigenvalue weighted by molar-refractivity contribution is 5.85. The van der Waals surface area contributed by atoms with Gasteiger partial charge in [-0.15, -0.1) is 0 Å². The molecule has 0 saturated heterocycles. The molecule has 3 aromatic rings. The number of aryl methyl sites for hydroxylation is 2. The minimum absolute atomic E-state index is 0.526. The summed E-state index contributed by atoms with van der Waals surface area (Å²) >= 11 is 0. The second kappa shape index (κ2) is 8.05. The molecule has 6 heteroatoms. The molecule has 2 N–H and O–H groups in total. The fourth-order valence-corrected chi connectivity index (χ4v) is 3.49. The summed E-state index contributed by atoms with van der Waals surface area (Å²) in [7, 11) is 0. The SMILES string of the molecule is Cc1cc2c(nc(CC3CC3)n2CCOCCCc2cccnc2)c(N)n1. The first-order valence-corrected chi connectivity index (χ1v) is 9.79. The van der Waals surface area contributed by atoms with Crippen molar-refractivity contribution in [1.29, 1.82) is 0 Å². The largest absolute Gasteiger partial charge is 0.382 e. The lowest BCUT2D eigenvalue weighted by molar-refractivity contribution is 0.124. The summed E-state index contributed by atoms with van der Waals surface area (Å²) in [6.45, 7) is 4.20. The summed E-state index contributed by atoms with van der Waals surface area (Å²) in [6.07, 6.45) is 9.36. The van der Waals surface area contributed by atoms with Crippen LogP contribution in [0.1, 0.15) is 36.3 Å². The first-order chi connectivity index (χ1) is 13.2. The Balaban J connectivity index is 1.37. The summed E-state index contributed by atoms with van der Waals surface area (Å²) in [4.78, 5) is 13.3. The molecule has 6 nitrogen and oxygen atoms in total. The minimum Gasteiger partial charge on any atom is -0.382 e. The maximum atomic E-state index is 6.11. The van der Waals surface area contributed by atoms with Crippen molar-refractivity contribution in [2.45, 2.75) is 45.6 Å². The van der Waals surface area contributed by atoms with Crippen molar-refractivity contribution in [3.63, 3.8) is 0 Å². The number of hydrogen-bond donors (Lipinski definition) is 1. The molecule has 0 aromatic carbocycles. The number of nitrogen functional groups attached to an aromatic ring is 1. The highest BCUT2D eigenvalue weighted by Gasteiger charge is 2.25. The molecule has 0 bridgehead atoms. The van der Waals surface area contributed by atoms with Gasteiger partial charge in [0.05, 0.1) is 12.1 Å². The fraction of sp³-hybridized carbons (Fsp3) is 0.476. The van der Waals surface area contributed by atoms with Crippen molar-refractivity contribution < 1.29 is 4.74 Å². The second-order valence-electron chi connectivity index (χ2n) is 7.42. The summed E-state index contributed by atoms with van der Waals surface area (Å²) in [6, 6.07) is 6.16.